The van der Waals surface area contributed by atoms with Crippen molar-refractivity contribution in [1.29, 1.82) is 0 Å². The molecule has 1 aromatic heterocycles. The average Bonchev–Trinajstić information content (AvgIpc) is 2.54. The number of hydrogen-bond donors (Lipinski definition) is 1. The second-order valence-electron chi connectivity index (χ2n) is 5.37. The van der Waals surface area contributed by atoms with Gasteiger partial charge in [-0.2, -0.15) is 0 Å². The molecule has 0 bridgehead atoms. The molecule has 2 rings (SSSR count). The van der Waals surface area contributed by atoms with Gasteiger partial charge in [0.2, 0.25) is 0 Å². The monoisotopic (exact) mass is 280 g/mol. The van der Waals surface area contributed by atoms with E-state index in [1.165, 1.54) is 0 Å². The summed E-state index contributed by atoms with van der Waals surface area (Å²) in [5.74, 6) is 0.669. The Labute approximate surface area is 120 Å². The largest absolute Gasteiger partial charge is 0.495 e. The first-order valence-corrected chi connectivity index (χ1v) is 7.11. The normalized spacial score (nSPS) is 21.2. The van der Waals surface area contributed by atoms with Gasteiger partial charge in [-0.15, -0.1) is 0 Å². The molecular weight excluding hydrogens is 256 g/mol. The molecule has 20 heavy (non-hydrogen) atoms. The fourth-order valence-corrected chi connectivity index (χ4v) is 2.72. The number of aliphatic hydroxyl groups excluding tert-OH is 1. The van der Waals surface area contributed by atoms with Crippen LogP contribution in [0.2, 0.25) is 0 Å². The molecule has 2 unspecified atom stereocenters. The molecule has 5 heteroatoms. The number of aliphatic hydroxyl groups is 1. The summed E-state index contributed by atoms with van der Waals surface area (Å²) in [6.45, 7) is 7.34. The first-order chi connectivity index (χ1) is 9.61. The number of morpholine rings is 1. The quantitative estimate of drug-likeness (QED) is 0.888. The van der Waals surface area contributed by atoms with Crippen LogP contribution in [0.3, 0.4) is 0 Å². The molecular formula is C15H24N2O3. The highest BCUT2D eigenvalue weighted by Crippen LogP contribution is 2.35. The summed E-state index contributed by atoms with van der Waals surface area (Å²) >= 11 is 0. The topological polar surface area (TPSA) is 54.8 Å². The number of pyridine rings is 1. The Balaban J connectivity index is 2.24. The first-order valence-electron chi connectivity index (χ1n) is 7.11. The number of nitrogens with zero attached hydrogens (tertiary/aromatic N) is 2. The maximum Gasteiger partial charge on any atom is 0.137 e. The van der Waals surface area contributed by atoms with Crippen molar-refractivity contribution in [2.75, 3.05) is 33.4 Å². The number of hydrogen-bond acceptors (Lipinski definition) is 5. The standard InChI is InChI=1S/C15H24N2O3/c1-4-15(2,17-5-7-20-8-6-17)14(18)12-9-13(19-3)11-16-10-12/h9-11,14,18H,4-8H2,1-3H3. The Kier molecular flexibility index (Phi) is 4.96. The van der Waals surface area contributed by atoms with Gasteiger partial charge in [-0.05, 0) is 19.4 Å². The third-order valence-corrected chi connectivity index (χ3v) is 4.32. The Hall–Kier alpha value is -1.17. The number of ether oxygens (including phenoxy) is 2. The molecule has 0 aliphatic carbocycles. The summed E-state index contributed by atoms with van der Waals surface area (Å²) < 4.78 is 10.6. The molecule has 0 saturated carbocycles. The maximum absolute atomic E-state index is 10.8. The number of rotatable bonds is 5. The van der Waals surface area contributed by atoms with E-state index in [1.54, 1.807) is 19.5 Å². The van der Waals surface area contributed by atoms with E-state index in [-0.39, 0.29) is 5.54 Å². The molecule has 5 nitrogen and oxygen atoms in total. The zero-order valence-corrected chi connectivity index (χ0v) is 12.5. The highest BCUT2D eigenvalue weighted by molar-refractivity contribution is 5.27. The summed E-state index contributed by atoms with van der Waals surface area (Å²) in [6, 6.07) is 1.85. The Morgan fingerprint density at radius 2 is 2.15 bits per heavy atom. The lowest BCUT2D eigenvalue weighted by molar-refractivity contribution is -0.0735. The SMILES string of the molecule is CCC(C)(C(O)c1cncc(OC)c1)N1CCOCC1. The predicted molar refractivity (Wildman–Crippen MR) is 76.8 cm³/mol. The van der Waals surface area contributed by atoms with E-state index < -0.39 is 6.10 Å². The van der Waals surface area contributed by atoms with E-state index in [9.17, 15) is 5.11 Å². The Bertz CT molecular complexity index is 435. The van der Waals surface area contributed by atoms with Crippen molar-refractivity contribution in [2.45, 2.75) is 31.9 Å². The lowest BCUT2D eigenvalue weighted by Crippen LogP contribution is -2.54. The van der Waals surface area contributed by atoms with Crippen molar-refractivity contribution >= 4 is 0 Å². The molecule has 1 N–H and O–H groups in total. The van der Waals surface area contributed by atoms with E-state index in [0.717, 1.165) is 38.3 Å². The summed E-state index contributed by atoms with van der Waals surface area (Å²) in [5, 5.41) is 10.8. The van der Waals surface area contributed by atoms with Crippen molar-refractivity contribution in [3.8, 4) is 5.75 Å². The van der Waals surface area contributed by atoms with Crippen LogP contribution in [0.1, 0.15) is 31.9 Å². The summed E-state index contributed by atoms with van der Waals surface area (Å²) in [6.07, 6.45) is 3.61. The van der Waals surface area contributed by atoms with Crippen LogP contribution in [0.4, 0.5) is 0 Å². The molecule has 2 atom stereocenters. The molecule has 1 aromatic rings. The number of aromatic nitrogens is 1. The zero-order valence-electron chi connectivity index (χ0n) is 12.5. The van der Waals surface area contributed by atoms with Crippen molar-refractivity contribution in [3.63, 3.8) is 0 Å². The molecule has 1 fully saturated rings. The summed E-state index contributed by atoms with van der Waals surface area (Å²) in [7, 11) is 1.61. The van der Waals surface area contributed by atoms with Crippen LogP contribution in [-0.2, 0) is 4.74 Å². The molecule has 1 saturated heterocycles. The highest BCUT2D eigenvalue weighted by Gasteiger charge is 2.39. The molecule has 0 radical (unpaired) electrons. The van der Waals surface area contributed by atoms with Crippen molar-refractivity contribution in [3.05, 3.63) is 24.0 Å². The minimum atomic E-state index is -0.604. The molecule has 0 amide bonds. The molecule has 1 aliphatic rings. The van der Waals surface area contributed by atoms with Gasteiger partial charge in [0, 0.05) is 30.4 Å². The van der Waals surface area contributed by atoms with Crippen LogP contribution in [0.5, 0.6) is 5.75 Å². The second kappa shape index (κ2) is 6.52. The fourth-order valence-electron chi connectivity index (χ4n) is 2.72. The fraction of sp³-hybridized carbons (Fsp3) is 0.667. The molecule has 2 heterocycles. The van der Waals surface area contributed by atoms with Gasteiger partial charge in [-0.25, -0.2) is 0 Å². The van der Waals surface area contributed by atoms with E-state index >= 15 is 0 Å². The van der Waals surface area contributed by atoms with Gasteiger partial charge in [0.25, 0.3) is 0 Å². The molecule has 112 valence electrons. The second-order valence-corrected chi connectivity index (χ2v) is 5.37. The van der Waals surface area contributed by atoms with Gasteiger partial charge in [0.1, 0.15) is 5.75 Å². The van der Waals surface area contributed by atoms with Gasteiger partial charge in [0.05, 0.1) is 32.6 Å². The molecule has 1 aliphatic heterocycles. The first kappa shape index (κ1) is 15.2. The predicted octanol–water partition coefficient (Wildman–Crippen LogP) is 1.62. The van der Waals surface area contributed by atoms with E-state index in [1.807, 2.05) is 6.07 Å². The van der Waals surface area contributed by atoms with E-state index in [2.05, 4.69) is 23.7 Å². The van der Waals surface area contributed by atoms with E-state index in [4.69, 9.17) is 9.47 Å². The van der Waals surface area contributed by atoms with Crippen molar-refractivity contribution in [1.82, 2.24) is 9.88 Å². The van der Waals surface area contributed by atoms with Crippen LogP contribution in [0.15, 0.2) is 18.5 Å². The van der Waals surface area contributed by atoms with Gasteiger partial charge in [-0.3, -0.25) is 9.88 Å². The lowest BCUT2D eigenvalue weighted by Gasteiger charge is -2.45. The van der Waals surface area contributed by atoms with Gasteiger partial charge in [0.15, 0.2) is 0 Å². The third kappa shape index (κ3) is 2.95. The van der Waals surface area contributed by atoms with Crippen molar-refractivity contribution < 1.29 is 14.6 Å². The van der Waals surface area contributed by atoms with Gasteiger partial charge < -0.3 is 14.6 Å². The molecule has 0 spiro atoms. The highest BCUT2D eigenvalue weighted by atomic mass is 16.5. The summed E-state index contributed by atoms with van der Waals surface area (Å²) in [5.41, 5.74) is 0.470. The lowest BCUT2D eigenvalue weighted by atomic mass is 9.85. The van der Waals surface area contributed by atoms with Crippen molar-refractivity contribution in [2.24, 2.45) is 0 Å². The van der Waals surface area contributed by atoms with Crippen LogP contribution < -0.4 is 4.74 Å². The smallest absolute Gasteiger partial charge is 0.137 e. The molecule has 0 aromatic carbocycles. The van der Waals surface area contributed by atoms with Crippen LogP contribution in [0, 0.1) is 0 Å². The Morgan fingerprint density at radius 3 is 2.75 bits per heavy atom. The minimum Gasteiger partial charge on any atom is -0.495 e. The average molecular weight is 280 g/mol. The Morgan fingerprint density at radius 1 is 1.45 bits per heavy atom. The van der Waals surface area contributed by atoms with Gasteiger partial charge in [-0.1, -0.05) is 6.92 Å². The minimum absolute atomic E-state index is 0.322. The zero-order chi connectivity index (χ0) is 14.6. The third-order valence-electron chi connectivity index (χ3n) is 4.32. The van der Waals surface area contributed by atoms with Gasteiger partial charge >= 0.3 is 0 Å². The van der Waals surface area contributed by atoms with Crippen LogP contribution >= 0.6 is 0 Å². The van der Waals surface area contributed by atoms with E-state index in [0.29, 0.717) is 5.75 Å². The summed E-state index contributed by atoms with van der Waals surface area (Å²) in [4.78, 5) is 6.45. The van der Waals surface area contributed by atoms with Crippen LogP contribution in [0.25, 0.3) is 0 Å². The number of methoxy groups -OCH3 is 1. The van der Waals surface area contributed by atoms with Crippen LogP contribution in [-0.4, -0.2) is 53.9 Å². The maximum atomic E-state index is 10.8.